The molecule has 0 aliphatic heterocycles. The van der Waals surface area contributed by atoms with E-state index < -0.39 is 0 Å². The van der Waals surface area contributed by atoms with Crippen LogP contribution in [0.1, 0.15) is 63.6 Å². The van der Waals surface area contributed by atoms with Gasteiger partial charge in [-0.05, 0) is 70.6 Å². The van der Waals surface area contributed by atoms with Crippen molar-refractivity contribution in [3.8, 4) is 5.75 Å². The van der Waals surface area contributed by atoms with Gasteiger partial charge in [-0.25, -0.2) is 0 Å². The third-order valence-electron chi connectivity index (χ3n) is 4.20. The number of rotatable bonds is 9. The van der Waals surface area contributed by atoms with Crippen LogP contribution >= 0.6 is 17.9 Å². The first-order valence-corrected chi connectivity index (χ1v) is 9.87. The summed E-state index contributed by atoms with van der Waals surface area (Å²) >= 11 is 0. The van der Waals surface area contributed by atoms with Crippen molar-refractivity contribution < 1.29 is 9.09 Å². The molecule has 4 heteroatoms. The Kier molecular flexibility index (Phi) is 9.49. The lowest BCUT2D eigenvalue weighted by atomic mass is 9.97. The standard InChI is InChI=1S/C20H30O2P2/c1-6-8-17-13-19(24-21)18(20(22-23)16(17)5)12-11-15(4)10-7-9-14(2)3/h9,11,13H,6-8,10,12,23H2,1-5H3/b15-11+. The Morgan fingerprint density at radius 3 is 2.54 bits per heavy atom. The molecule has 1 rings (SSSR count). The number of allylic oxidation sites excluding steroid dienone is 4. The monoisotopic (exact) mass is 364 g/mol. The van der Waals surface area contributed by atoms with Crippen LogP contribution in [0.15, 0.2) is 29.4 Å². The zero-order valence-electron chi connectivity index (χ0n) is 15.6. The molecule has 1 atom stereocenters. The molecular weight excluding hydrogens is 334 g/mol. The second-order valence-electron chi connectivity index (χ2n) is 6.52. The number of hydrogen-bond donors (Lipinski definition) is 0. The van der Waals surface area contributed by atoms with Crippen molar-refractivity contribution >= 4 is 23.2 Å². The van der Waals surface area contributed by atoms with E-state index in [0.717, 1.165) is 54.3 Å². The summed E-state index contributed by atoms with van der Waals surface area (Å²) in [5, 5.41) is 0.842. The minimum atomic E-state index is 0.0588. The van der Waals surface area contributed by atoms with Crippen LogP contribution in [0.3, 0.4) is 0 Å². The third kappa shape index (κ3) is 6.15. The van der Waals surface area contributed by atoms with Crippen LogP contribution in [0, 0.1) is 6.92 Å². The molecule has 24 heavy (non-hydrogen) atoms. The summed E-state index contributed by atoms with van der Waals surface area (Å²) in [4.78, 5) is 0. The molecule has 0 aliphatic rings. The van der Waals surface area contributed by atoms with Crippen LogP contribution in [0.5, 0.6) is 5.75 Å². The Morgan fingerprint density at radius 2 is 2.00 bits per heavy atom. The molecule has 0 bridgehead atoms. The van der Waals surface area contributed by atoms with Gasteiger partial charge in [0, 0.05) is 5.56 Å². The van der Waals surface area contributed by atoms with Crippen molar-refractivity contribution in [3.63, 3.8) is 0 Å². The first-order chi connectivity index (χ1) is 11.4. The number of aryl methyl sites for hydroxylation is 1. The van der Waals surface area contributed by atoms with Gasteiger partial charge in [0.1, 0.15) is 5.75 Å². The third-order valence-corrected chi connectivity index (χ3v) is 5.03. The molecule has 0 aromatic heterocycles. The number of hydrogen-bond acceptors (Lipinski definition) is 2. The van der Waals surface area contributed by atoms with Crippen LogP contribution in [0.2, 0.25) is 0 Å². The molecule has 1 aromatic carbocycles. The highest BCUT2D eigenvalue weighted by Gasteiger charge is 2.15. The van der Waals surface area contributed by atoms with Gasteiger partial charge >= 0.3 is 0 Å². The molecule has 0 aliphatic carbocycles. The summed E-state index contributed by atoms with van der Waals surface area (Å²) in [5.74, 6) is 0.859. The van der Waals surface area contributed by atoms with Crippen molar-refractivity contribution in [1.82, 2.24) is 0 Å². The fraction of sp³-hybridized carbons (Fsp3) is 0.500. The van der Waals surface area contributed by atoms with E-state index in [1.54, 1.807) is 0 Å². The zero-order valence-corrected chi connectivity index (χ0v) is 17.7. The van der Waals surface area contributed by atoms with Gasteiger partial charge in [-0.3, -0.25) is 4.57 Å². The summed E-state index contributed by atoms with van der Waals surface area (Å²) < 4.78 is 17.2. The molecule has 1 unspecified atom stereocenters. The maximum Gasteiger partial charge on any atom is 0.192 e. The molecule has 0 fully saturated rings. The van der Waals surface area contributed by atoms with Crippen LogP contribution in [0.25, 0.3) is 0 Å². The minimum Gasteiger partial charge on any atom is -0.480 e. The lowest BCUT2D eigenvalue weighted by molar-refractivity contribution is 0.602. The largest absolute Gasteiger partial charge is 0.480 e. The summed E-state index contributed by atoms with van der Waals surface area (Å²) in [7, 11) is 2.40. The van der Waals surface area contributed by atoms with Gasteiger partial charge in [-0.1, -0.05) is 36.6 Å². The maximum atomic E-state index is 11.7. The van der Waals surface area contributed by atoms with Crippen molar-refractivity contribution in [2.75, 3.05) is 0 Å². The Morgan fingerprint density at radius 1 is 1.29 bits per heavy atom. The molecule has 0 amide bonds. The molecule has 0 radical (unpaired) electrons. The molecule has 1 aromatic rings. The second-order valence-corrected chi connectivity index (χ2v) is 7.42. The Balaban J connectivity index is 3.07. The maximum absolute atomic E-state index is 11.7. The van der Waals surface area contributed by atoms with E-state index in [1.165, 1.54) is 16.7 Å². The van der Waals surface area contributed by atoms with Crippen molar-refractivity contribution in [3.05, 3.63) is 46.1 Å². The molecule has 0 saturated carbocycles. The van der Waals surface area contributed by atoms with E-state index >= 15 is 0 Å². The molecule has 0 N–H and O–H groups in total. The van der Waals surface area contributed by atoms with Crippen molar-refractivity contribution in [2.45, 2.75) is 66.7 Å². The fourth-order valence-corrected chi connectivity index (χ4v) is 3.61. The predicted octanol–water partition coefficient (Wildman–Crippen LogP) is 6.27. The average Bonchev–Trinajstić information content (AvgIpc) is 2.54. The fourth-order valence-electron chi connectivity index (χ4n) is 2.78. The molecule has 132 valence electrons. The first kappa shape index (κ1) is 21.1. The molecule has 2 nitrogen and oxygen atoms in total. The lowest BCUT2D eigenvalue weighted by Gasteiger charge is -2.16. The van der Waals surface area contributed by atoms with Gasteiger partial charge in [0.15, 0.2) is 8.46 Å². The van der Waals surface area contributed by atoms with E-state index in [1.807, 2.05) is 0 Å². The highest BCUT2D eigenvalue weighted by Crippen LogP contribution is 2.30. The van der Waals surface area contributed by atoms with E-state index in [-0.39, 0.29) is 8.46 Å². The van der Waals surface area contributed by atoms with Crippen LogP contribution in [-0.4, -0.2) is 0 Å². The molecule has 0 spiro atoms. The van der Waals surface area contributed by atoms with Crippen molar-refractivity contribution in [2.24, 2.45) is 0 Å². The quantitative estimate of drug-likeness (QED) is 0.381. The van der Waals surface area contributed by atoms with Crippen LogP contribution in [-0.2, 0) is 17.4 Å². The lowest BCUT2D eigenvalue weighted by Crippen LogP contribution is -2.09. The average molecular weight is 364 g/mol. The first-order valence-electron chi connectivity index (χ1n) is 8.58. The van der Waals surface area contributed by atoms with Crippen LogP contribution in [0.4, 0.5) is 0 Å². The normalized spacial score (nSPS) is 11.7. The summed E-state index contributed by atoms with van der Waals surface area (Å²) in [6.45, 7) is 10.7. The smallest absolute Gasteiger partial charge is 0.192 e. The molecular formula is C20H30O2P2. The SMILES string of the molecule is CCCc1cc(P=O)c(C/C=C(\C)CCC=C(C)C)c(OP)c1C. The summed E-state index contributed by atoms with van der Waals surface area (Å²) in [6, 6.07) is 2.07. The van der Waals surface area contributed by atoms with Gasteiger partial charge in [-0.2, -0.15) is 0 Å². The predicted molar refractivity (Wildman–Crippen MR) is 109 cm³/mol. The Bertz CT molecular complexity index is 627. The van der Waals surface area contributed by atoms with Gasteiger partial charge in [-0.15, -0.1) is 0 Å². The summed E-state index contributed by atoms with van der Waals surface area (Å²) in [6.07, 6.45) is 9.41. The van der Waals surface area contributed by atoms with E-state index in [4.69, 9.17) is 4.52 Å². The zero-order chi connectivity index (χ0) is 18.1. The van der Waals surface area contributed by atoms with E-state index in [0.29, 0.717) is 0 Å². The highest BCUT2D eigenvalue weighted by atomic mass is 31.1. The van der Waals surface area contributed by atoms with Crippen molar-refractivity contribution in [1.29, 1.82) is 0 Å². The van der Waals surface area contributed by atoms with Gasteiger partial charge in [0.25, 0.3) is 0 Å². The Labute approximate surface area is 151 Å². The summed E-state index contributed by atoms with van der Waals surface area (Å²) in [5.41, 5.74) is 6.12. The molecule has 0 saturated heterocycles. The minimum absolute atomic E-state index is 0.0588. The van der Waals surface area contributed by atoms with E-state index in [2.05, 4.69) is 62.3 Å². The van der Waals surface area contributed by atoms with E-state index in [9.17, 15) is 4.57 Å². The second kappa shape index (κ2) is 10.8. The molecule has 0 heterocycles. The van der Waals surface area contributed by atoms with Gasteiger partial charge in [0.2, 0.25) is 0 Å². The van der Waals surface area contributed by atoms with Crippen LogP contribution < -0.4 is 9.83 Å². The highest BCUT2D eigenvalue weighted by molar-refractivity contribution is 7.34. The van der Waals surface area contributed by atoms with Gasteiger partial charge in [0.05, 0.1) is 14.8 Å². The number of benzene rings is 1. The topological polar surface area (TPSA) is 26.3 Å². The Hall–Kier alpha value is -0.970. The van der Waals surface area contributed by atoms with Gasteiger partial charge < -0.3 is 4.52 Å².